The summed E-state index contributed by atoms with van der Waals surface area (Å²) in [6.45, 7) is 7.10. The van der Waals surface area contributed by atoms with E-state index in [2.05, 4.69) is 21.2 Å². The highest BCUT2D eigenvalue weighted by Crippen LogP contribution is 2.33. The van der Waals surface area contributed by atoms with Crippen molar-refractivity contribution in [3.63, 3.8) is 0 Å². The highest BCUT2D eigenvalue weighted by Gasteiger charge is 2.34. The molecule has 2 amide bonds. The fraction of sp³-hybridized carbons (Fsp3) is 0.333. The summed E-state index contributed by atoms with van der Waals surface area (Å²) in [5.41, 5.74) is 0.990. The van der Waals surface area contributed by atoms with E-state index in [0.717, 1.165) is 20.8 Å². The summed E-state index contributed by atoms with van der Waals surface area (Å²) in [5, 5.41) is 3.30. The van der Waals surface area contributed by atoms with Gasteiger partial charge in [0.15, 0.2) is 0 Å². The topological polar surface area (TPSA) is 96.0 Å². The molecule has 3 aromatic carbocycles. The lowest BCUT2D eigenvalue weighted by Crippen LogP contribution is -2.52. The zero-order valence-corrected chi connectivity index (χ0v) is 26.7. The van der Waals surface area contributed by atoms with Crippen LogP contribution in [0.15, 0.2) is 82.2 Å². The van der Waals surface area contributed by atoms with Crippen LogP contribution in [0, 0.1) is 0 Å². The molecule has 0 bridgehead atoms. The number of hydrogen-bond donors (Lipinski definition) is 1. The lowest BCUT2D eigenvalue weighted by atomic mass is 10.1. The average molecular weight is 665 g/mol. The maximum Gasteiger partial charge on any atom is 0.264 e. The number of halogens is 2. The van der Waals surface area contributed by atoms with Crippen LogP contribution < -0.4 is 14.4 Å². The molecule has 3 rings (SSSR count). The smallest absolute Gasteiger partial charge is 0.264 e. The van der Waals surface area contributed by atoms with Crippen LogP contribution in [-0.4, -0.2) is 50.4 Å². The van der Waals surface area contributed by atoms with Gasteiger partial charge in [0.2, 0.25) is 11.8 Å². The number of carbonyl (C=O) groups is 2. The molecular weight excluding hydrogens is 630 g/mol. The van der Waals surface area contributed by atoms with Crippen molar-refractivity contribution in [2.24, 2.45) is 0 Å². The Kier molecular flexibility index (Phi) is 11.6. The molecule has 0 unspecified atom stereocenters. The fourth-order valence-electron chi connectivity index (χ4n) is 4.02. The van der Waals surface area contributed by atoms with E-state index in [4.69, 9.17) is 16.3 Å². The van der Waals surface area contributed by atoms with Gasteiger partial charge in [-0.15, -0.1) is 0 Å². The molecule has 8 nitrogen and oxygen atoms in total. The van der Waals surface area contributed by atoms with Crippen LogP contribution in [0.25, 0.3) is 0 Å². The maximum atomic E-state index is 14.1. The van der Waals surface area contributed by atoms with Gasteiger partial charge < -0.3 is 15.0 Å². The number of rotatable bonds is 13. The van der Waals surface area contributed by atoms with E-state index in [1.54, 1.807) is 38.1 Å². The molecule has 0 aliphatic carbocycles. The molecule has 11 heteroatoms. The van der Waals surface area contributed by atoms with Crippen molar-refractivity contribution in [3.8, 4) is 5.75 Å². The van der Waals surface area contributed by atoms with Gasteiger partial charge in [-0.1, -0.05) is 58.7 Å². The molecule has 0 fully saturated rings. The number of ether oxygens (including phenoxy) is 1. The SMILES string of the molecule is CCOc1ccccc1N(CC(=O)N(Cc1ccc(Br)cc1)[C@H](C)C(=O)N[C@@H](C)CC)S(=O)(=O)c1ccc(Cl)cc1. The first-order chi connectivity index (χ1) is 19.5. The number of nitrogens with zero attached hydrogens (tertiary/aromatic N) is 2. The van der Waals surface area contributed by atoms with E-state index in [9.17, 15) is 18.0 Å². The Morgan fingerprint density at radius 3 is 2.22 bits per heavy atom. The molecule has 0 heterocycles. The van der Waals surface area contributed by atoms with E-state index in [-0.39, 0.29) is 29.1 Å². The largest absolute Gasteiger partial charge is 0.492 e. The molecule has 41 heavy (non-hydrogen) atoms. The average Bonchev–Trinajstić information content (AvgIpc) is 2.95. The molecule has 3 aromatic rings. The number of sulfonamides is 1. The normalized spacial score (nSPS) is 12.7. The standard InChI is InChI=1S/C30H35BrClN3O5S/c1-5-21(3)33-30(37)22(4)34(19-23-11-13-24(31)14-12-23)29(36)20-35(27-9-7-8-10-28(27)40-6-2)41(38,39)26-17-15-25(32)16-18-26/h7-18,21-22H,5-6,19-20H2,1-4H3,(H,33,37)/t21-,22+/m0/s1. The molecule has 0 aromatic heterocycles. The highest BCUT2D eigenvalue weighted by molar-refractivity contribution is 9.10. The van der Waals surface area contributed by atoms with Gasteiger partial charge in [-0.05, 0) is 81.3 Å². The lowest BCUT2D eigenvalue weighted by Gasteiger charge is -2.33. The Hall–Kier alpha value is -3.08. The third-order valence-corrected chi connectivity index (χ3v) is 9.10. The zero-order chi connectivity index (χ0) is 30.2. The van der Waals surface area contributed by atoms with Gasteiger partial charge in [-0.2, -0.15) is 0 Å². The predicted molar refractivity (Wildman–Crippen MR) is 166 cm³/mol. The summed E-state index contributed by atoms with van der Waals surface area (Å²) in [6, 6.07) is 18.8. The second kappa shape index (κ2) is 14.7. The minimum absolute atomic E-state index is 0.0389. The molecule has 2 atom stereocenters. The highest BCUT2D eigenvalue weighted by atomic mass is 79.9. The van der Waals surface area contributed by atoms with Gasteiger partial charge in [0.1, 0.15) is 18.3 Å². The van der Waals surface area contributed by atoms with Crippen LogP contribution in [0.1, 0.15) is 39.7 Å². The van der Waals surface area contributed by atoms with Crippen LogP contribution in [-0.2, 0) is 26.2 Å². The van der Waals surface area contributed by atoms with Gasteiger partial charge >= 0.3 is 0 Å². The Bertz CT molecular complexity index is 1440. The second-order valence-corrected chi connectivity index (χ2v) is 12.7. The van der Waals surface area contributed by atoms with Gasteiger partial charge in [0, 0.05) is 22.1 Å². The van der Waals surface area contributed by atoms with Crippen molar-refractivity contribution in [3.05, 3.63) is 87.9 Å². The third kappa shape index (κ3) is 8.47. The zero-order valence-electron chi connectivity index (χ0n) is 23.5. The maximum absolute atomic E-state index is 14.1. The Balaban J connectivity index is 2.07. The summed E-state index contributed by atoms with van der Waals surface area (Å²) in [6.07, 6.45) is 0.723. The van der Waals surface area contributed by atoms with Crippen molar-refractivity contribution >= 4 is 55.1 Å². The summed E-state index contributed by atoms with van der Waals surface area (Å²) in [5.74, 6) is -0.572. The summed E-state index contributed by atoms with van der Waals surface area (Å²) in [7, 11) is -4.25. The molecule has 0 aliphatic heterocycles. The molecule has 0 saturated heterocycles. The first-order valence-electron chi connectivity index (χ1n) is 13.3. The molecule has 0 radical (unpaired) electrons. The summed E-state index contributed by atoms with van der Waals surface area (Å²) < 4.78 is 35.7. The Morgan fingerprint density at radius 1 is 0.976 bits per heavy atom. The molecule has 0 spiro atoms. The van der Waals surface area contributed by atoms with Gasteiger partial charge in [-0.3, -0.25) is 13.9 Å². The van der Waals surface area contributed by atoms with E-state index in [1.807, 2.05) is 38.1 Å². The Morgan fingerprint density at radius 2 is 1.61 bits per heavy atom. The van der Waals surface area contributed by atoms with Crippen molar-refractivity contribution in [1.82, 2.24) is 10.2 Å². The van der Waals surface area contributed by atoms with E-state index in [0.29, 0.717) is 17.4 Å². The van der Waals surface area contributed by atoms with E-state index in [1.165, 1.54) is 29.2 Å². The number of anilines is 1. The third-order valence-electron chi connectivity index (χ3n) is 6.55. The number of hydrogen-bond acceptors (Lipinski definition) is 5. The summed E-state index contributed by atoms with van der Waals surface area (Å²) in [4.78, 5) is 28.6. The molecule has 0 aliphatic rings. The molecule has 0 saturated carbocycles. The predicted octanol–water partition coefficient (Wildman–Crippen LogP) is 6.03. The van der Waals surface area contributed by atoms with E-state index >= 15 is 0 Å². The number of nitrogens with one attached hydrogen (secondary N) is 1. The minimum Gasteiger partial charge on any atom is -0.492 e. The van der Waals surface area contributed by atoms with Gasteiger partial charge in [0.05, 0.1) is 17.2 Å². The van der Waals surface area contributed by atoms with E-state index < -0.39 is 28.5 Å². The van der Waals surface area contributed by atoms with Crippen LogP contribution in [0.4, 0.5) is 5.69 Å². The van der Waals surface area contributed by atoms with Crippen molar-refractivity contribution in [1.29, 1.82) is 0 Å². The first-order valence-corrected chi connectivity index (χ1v) is 15.9. The molecule has 220 valence electrons. The second-order valence-electron chi connectivity index (χ2n) is 9.51. The number of para-hydroxylation sites is 2. The van der Waals surface area contributed by atoms with Crippen molar-refractivity contribution < 1.29 is 22.7 Å². The lowest BCUT2D eigenvalue weighted by molar-refractivity contribution is -0.139. The van der Waals surface area contributed by atoms with Crippen molar-refractivity contribution in [2.45, 2.75) is 57.6 Å². The van der Waals surface area contributed by atoms with Gasteiger partial charge in [-0.25, -0.2) is 8.42 Å². The molecular formula is C30H35BrClN3O5S. The summed E-state index contributed by atoms with van der Waals surface area (Å²) >= 11 is 9.43. The number of benzene rings is 3. The molecule has 1 N–H and O–H groups in total. The minimum atomic E-state index is -4.25. The van der Waals surface area contributed by atoms with Crippen LogP contribution in [0.3, 0.4) is 0 Å². The van der Waals surface area contributed by atoms with Gasteiger partial charge in [0.25, 0.3) is 10.0 Å². The van der Waals surface area contributed by atoms with Crippen LogP contribution in [0.2, 0.25) is 5.02 Å². The first kappa shape index (κ1) is 32.4. The van der Waals surface area contributed by atoms with Crippen LogP contribution >= 0.6 is 27.5 Å². The monoisotopic (exact) mass is 663 g/mol. The quantitative estimate of drug-likeness (QED) is 0.241. The van der Waals surface area contributed by atoms with Crippen molar-refractivity contribution in [2.75, 3.05) is 17.5 Å². The number of amides is 2. The van der Waals surface area contributed by atoms with Crippen LogP contribution in [0.5, 0.6) is 5.75 Å². The fourth-order valence-corrected chi connectivity index (χ4v) is 5.84. The number of carbonyl (C=O) groups excluding carboxylic acids is 2. The Labute approximate surface area is 255 Å².